The number of aromatic hydroxyl groups is 1. The number of nitrogens with one attached hydrogen (secondary N) is 1. The normalized spacial score (nSPS) is 10.3. The minimum Gasteiger partial charge on any atom is -0.502 e. The topological polar surface area (TPSA) is 92.5 Å². The van der Waals surface area contributed by atoms with Gasteiger partial charge in [-0.25, -0.2) is 0 Å². The van der Waals surface area contributed by atoms with Crippen LogP contribution in [0.15, 0.2) is 18.2 Å². The number of nitrogens with zero attached hydrogens (tertiary/aromatic N) is 1. The van der Waals surface area contributed by atoms with Crippen LogP contribution in [0, 0.1) is 10.1 Å². The molecule has 1 amide bonds. The Morgan fingerprint density at radius 2 is 1.90 bits per heavy atom. The predicted molar refractivity (Wildman–Crippen MR) is 80.5 cm³/mol. The van der Waals surface area contributed by atoms with Gasteiger partial charge in [0.15, 0.2) is 0 Å². The first-order valence-corrected chi connectivity index (χ1v) is 7.32. The first-order valence-electron chi connectivity index (χ1n) is 7.32. The lowest BCUT2D eigenvalue weighted by molar-refractivity contribution is -0.385. The van der Waals surface area contributed by atoms with Crippen molar-refractivity contribution >= 4 is 11.6 Å². The summed E-state index contributed by atoms with van der Waals surface area (Å²) in [6.07, 6.45) is 6.69. The third-order valence-electron chi connectivity index (χ3n) is 3.27. The highest BCUT2D eigenvalue weighted by Crippen LogP contribution is 2.28. The van der Waals surface area contributed by atoms with E-state index in [1.165, 1.54) is 37.5 Å². The minimum absolute atomic E-state index is 0.0600. The van der Waals surface area contributed by atoms with E-state index >= 15 is 0 Å². The fourth-order valence-corrected chi connectivity index (χ4v) is 2.06. The Labute approximate surface area is 124 Å². The summed E-state index contributed by atoms with van der Waals surface area (Å²) in [6, 6.07) is 3.93. The van der Waals surface area contributed by atoms with Gasteiger partial charge in [-0.3, -0.25) is 14.9 Å². The van der Waals surface area contributed by atoms with E-state index in [0.29, 0.717) is 6.54 Å². The zero-order valence-corrected chi connectivity index (χ0v) is 12.3. The van der Waals surface area contributed by atoms with Crippen molar-refractivity contribution in [2.45, 2.75) is 45.4 Å². The molecule has 0 aliphatic carbocycles. The Balaban J connectivity index is 2.42. The lowest BCUT2D eigenvalue weighted by atomic mass is 10.1. The van der Waals surface area contributed by atoms with E-state index < -0.39 is 22.3 Å². The van der Waals surface area contributed by atoms with Gasteiger partial charge in [0.2, 0.25) is 5.75 Å². The van der Waals surface area contributed by atoms with Gasteiger partial charge in [-0.05, 0) is 12.5 Å². The van der Waals surface area contributed by atoms with E-state index in [1.807, 2.05) is 0 Å². The second kappa shape index (κ2) is 8.94. The van der Waals surface area contributed by atoms with Crippen LogP contribution in [-0.4, -0.2) is 22.5 Å². The fourth-order valence-electron chi connectivity index (χ4n) is 2.06. The molecule has 21 heavy (non-hydrogen) atoms. The highest BCUT2D eigenvalue weighted by molar-refractivity contribution is 5.98. The van der Waals surface area contributed by atoms with Crippen LogP contribution in [0.4, 0.5) is 5.69 Å². The van der Waals surface area contributed by atoms with Crippen LogP contribution in [0.2, 0.25) is 0 Å². The molecule has 6 heteroatoms. The molecule has 0 aliphatic rings. The average Bonchev–Trinajstić information content (AvgIpc) is 2.46. The van der Waals surface area contributed by atoms with Crippen LogP contribution in [-0.2, 0) is 0 Å². The molecule has 0 heterocycles. The van der Waals surface area contributed by atoms with Crippen LogP contribution in [0.25, 0.3) is 0 Å². The quantitative estimate of drug-likeness (QED) is 0.415. The van der Waals surface area contributed by atoms with Crippen molar-refractivity contribution in [3.05, 3.63) is 33.9 Å². The van der Waals surface area contributed by atoms with Gasteiger partial charge in [0.1, 0.15) is 0 Å². The van der Waals surface area contributed by atoms with Crippen LogP contribution < -0.4 is 5.32 Å². The molecule has 1 rings (SSSR count). The van der Waals surface area contributed by atoms with Gasteiger partial charge in [-0.15, -0.1) is 0 Å². The molecular formula is C15H22N2O4. The Bertz CT molecular complexity index is 489. The van der Waals surface area contributed by atoms with E-state index in [9.17, 15) is 20.0 Å². The van der Waals surface area contributed by atoms with Gasteiger partial charge >= 0.3 is 5.69 Å². The SMILES string of the molecule is CCCCCCCCNC(=O)c1cccc([N+](=O)[O-])c1O. The summed E-state index contributed by atoms with van der Waals surface area (Å²) in [5, 5.41) is 23.1. The van der Waals surface area contributed by atoms with E-state index in [-0.39, 0.29) is 5.56 Å². The molecule has 0 saturated heterocycles. The molecule has 0 spiro atoms. The molecule has 0 saturated carbocycles. The Kier molecular flexibility index (Phi) is 7.21. The lowest BCUT2D eigenvalue weighted by Gasteiger charge is -2.07. The predicted octanol–water partition coefficient (Wildman–Crippen LogP) is 3.39. The van der Waals surface area contributed by atoms with Crippen molar-refractivity contribution in [1.29, 1.82) is 0 Å². The summed E-state index contributed by atoms with van der Waals surface area (Å²) in [5.74, 6) is -1.06. The standard InChI is InChI=1S/C15H22N2O4/c1-2-3-4-5-6-7-11-16-15(19)12-9-8-10-13(14(12)18)17(20)21/h8-10,18H,2-7,11H2,1H3,(H,16,19). The Morgan fingerprint density at radius 3 is 2.57 bits per heavy atom. The number of phenols is 1. The zero-order chi connectivity index (χ0) is 15.7. The number of amides is 1. The molecular weight excluding hydrogens is 272 g/mol. The molecule has 6 nitrogen and oxygen atoms in total. The first kappa shape index (κ1) is 16.9. The number of carbonyl (C=O) groups is 1. The molecule has 0 fully saturated rings. The maximum Gasteiger partial charge on any atom is 0.311 e. The Morgan fingerprint density at radius 1 is 1.24 bits per heavy atom. The number of hydrogen-bond donors (Lipinski definition) is 2. The average molecular weight is 294 g/mol. The van der Waals surface area contributed by atoms with Crippen LogP contribution >= 0.6 is 0 Å². The van der Waals surface area contributed by atoms with E-state index in [2.05, 4.69) is 12.2 Å². The molecule has 1 aromatic rings. The van der Waals surface area contributed by atoms with E-state index in [4.69, 9.17) is 0 Å². The van der Waals surface area contributed by atoms with Crippen molar-refractivity contribution in [2.75, 3.05) is 6.54 Å². The number of unbranched alkanes of at least 4 members (excludes halogenated alkanes) is 5. The number of benzene rings is 1. The molecule has 0 unspecified atom stereocenters. The molecule has 1 aromatic carbocycles. The summed E-state index contributed by atoms with van der Waals surface area (Å²) < 4.78 is 0. The highest BCUT2D eigenvalue weighted by atomic mass is 16.6. The van der Waals surface area contributed by atoms with Gasteiger partial charge < -0.3 is 10.4 Å². The van der Waals surface area contributed by atoms with Gasteiger partial charge in [-0.2, -0.15) is 0 Å². The summed E-state index contributed by atoms with van der Waals surface area (Å²) in [6.45, 7) is 2.67. The monoisotopic (exact) mass is 294 g/mol. The number of nitro benzene ring substituents is 1. The molecule has 0 atom stereocenters. The molecule has 0 aliphatic heterocycles. The molecule has 0 bridgehead atoms. The number of nitro groups is 1. The fraction of sp³-hybridized carbons (Fsp3) is 0.533. The summed E-state index contributed by atoms with van der Waals surface area (Å²) in [5.41, 5.74) is -0.516. The summed E-state index contributed by atoms with van der Waals surface area (Å²) >= 11 is 0. The van der Waals surface area contributed by atoms with Crippen molar-refractivity contribution in [1.82, 2.24) is 5.32 Å². The molecule has 0 aromatic heterocycles. The maximum absolute atomic E-state index is 11.9. The summed E-state index contributed by atoms with van der Waals surface area (Å²) in [7, 11) is 0. The van der Waals surface area contributed by atoms with Crippen molar-refractivity contribution in [3.8, 4) is 5.75 Å². The number of para-hydroxylation sites is 1. The van der Waals surface area contributed by atoms with E-state index in [1.54, 1.807) is 0 Å². The number of phenolic OH excluding ortho intramolecular Hbond substituents is 1. The second-order valence-corrected chi connectivity index (χ2v) is 4.95. The Hall–Kier alpha value is -2.11. The van der Waals surface area contributed by atoms with Gasteiger partial charge in [0.05, 0.1) is 10.5 Å². The maximum atomic E-state index is 11.9. The minimum atomic E-state index is -0.708. The van der Waals surface area contributed by atoms with Crippen LogP contribution in [0.1, 0.15) is 55.8 Å². The molecule has 116 valence electrons. The second-order valence-electron chi connectivity index (χ2n) is 4.95. The lowest BCUT2D eigenvalue weighted by Crippen LogP contribution is -2.24. The van der Waals surface area contributed by atoms with Crippen LogP contribution in [0.5, 0.6) is 5.75 Å². The third-order valence-corrected chi connectivity index (χ3v) is 3.27. The largest absolute Gasteiger partial charge is 0.502 e. The number of carbonyl (C=O) groups excluding carboxylic acids is 1. The highest BCUT2D eigenvalue weighted by Gasteiger charge is 2.20. The summed E-state index contributed by atoms with van der Waals surface area (Å²) in [4.78, 5) is 21.9. The molecule has 0 radical (unpaired) electrons. The third kappa shape index (κ3) is 5.41. The van der Waals surface area contributed by atoms with Gasteiger partial charge in [0, 0.05) is 12.6 Å². The smallest absolute Gasteiger partial charge is 0.311 e. The van der Waals surface area contributed by atoms with Crippen molar-refractivity contribution in [3.63, 3.8) is 0 Å². The van der Waals surface area contributed by atoms with Crippen molar-refractivity contribution < 1.29 is 14.8 Å². The van der Waals surface area contributed by atoms with E-state index in [0.717, 1.165) is 19.3 Å². The zero-order valence-electron chi connectivity index (χ0n) is 12.3. The van der Waals surface area contributed by atoms with Crippen molar-refractivity contribution in [2.24, 2.45) is 0 Å². The number of rotatable bonds is 9. The molecule has 2 N–H and O–H groups in total. The number of hydrogen-bond acceptors (Lipinski definition) is 4. The first-order chi connectivity index (χ1) is 10.1. The van der Waals surface area contributed by atoms with Crippen LogP contribution in [0.3, 0.4) is 0 Å². The van der Waals surface area contributed by atoms with Gasteiger partial charge in [0.25, 0.3) is 5.91 Å². The van der Waals surface area contributed by atoms with Gasteiger partial charge in [-0.1, -0.05) is 45.1 Å².